The zero-order valence-electron chi connectivity index (χ0n) is 9.45. The van der Waals surface area contributed by atoms with Crippen molar-refractivity contribution in [2.45, 2.75) is 6.54 Å². The van der Waals surface area contributed by atoms with E-state index in [-0.39, 0.29) is 0 Å². The first-order chi connectivity index (χ1) is 8.70. The second-order valence-electron chi connectivity index (χ2n) is 3.75. The van der Waals surface area contributed by atoms with Gasteiger partial charge in [-0.25, -0.2) is 0 Å². The van der Waals surface area contributed by atoms with Gasteiger partial charge in [0.25, 0.3) is 0 Å². The molecule has 2 rings (SSSR count). The van der Waals surface area contributed by atoms with Crippen molar-refractivity contribution in [3.05, 3.63) is 63.1 Å². The minimum atomic E-state index is 0.467. The van der Waals surface area contributed by atoms with Gasteiger partial charge in [-0.3, -0.25) is 0 Å². The molecular weight excluding hydrogens is 312 g/mol. The molecule has 0 fully saturated rings. The molecule has 18 heavy (non-hydrogen) atoms. The fourth-order valence-corrected chi connectivity index (χ4v) is 2.20. The summed E-state index contributed by atoms with van der Waals surface area (Å²) in [4.78, 5) is 0. The normalized spacial score (nSPS) is 9.83. The molecule has 0 heterocycles. The van der Waals surface area contributed by atoms with Crippen LogP contribution >= 0.6 is 27.5 Å². The van der Waals surface area contributed by atoms with Crippen LogP contribution in [0.2, 0.25) is 5.02 Å². The molecule has 0 aliphatic heterocycles. The van der Waals surface area contributed by atoms with Gasteiger partial charge < -0.3 is 5.32 Å². The molecule has 0 amide bonds. The lowest BCUT2D eigenvalue weighted by Crippen LogP contribution is -2.00. The number of hydrogen-bond acceptors (Lipinski definition) is 2. The predicted octanol–water partition coefficient (Wildman–Crippen LogP) is 4.59. The molecule has 2 aromatic carbocycles. The second kappa shape index (κ2) is 5.90. The summed E-state index contributed by atoms with van der Waals surface area (Å²) in [6.07, 6.45) is 0. The molecular formula is C14H10BrClN2. The zero-order chi connectivity index (χ0) is 13.0. The van der Waals surface area contributed by atoms with Crippen LogP contribution in [0.4, 0.5) is 5.69 Å². The molecule has 0 aromatic heterocycles. The standard InChI is InChI=1S/C14H10BrClN2/c15-13-4-2-1-3-11(13)9-18-12-6-5-10(8-17)14(16)7-12/h1-7,18H,9H2. The summed E-state index contributed by atoms with van der Waals surface area (Å²) in [5, 5.41) is 12.5. The van der Waals surface area contributed by atoms with Crippen molar-refractivity contribution >= 4 is 33.2 Å². The van der Waals surface area contributed by atoms with Gasteiger partial charge in [0.05, 0.1) is 10.6 Å². The van der Waals surface area contributed by atoms with Crippen LogP contribution in [0.1, 0.15) is 11.1 Å². The smallest absolute Gasteiger partial charge is 0.101 e. The van der Waals surface area contributed by atoms with E-state index in [4.69, 9.17) is 16.9 Å². The Morgan fingerprint density at radius 3 is 2.67 bits per heavy atom. The first-order valence-corrected chi connectivity index (χ1v) is 6.55. The third kappa shape index (κ3) is 3.04. The SMILES string of the molecule is N#Cc1ccc(NCc2ccccc2Br)cc1Cl. The van der Waals surface area contributed by atoms with Gasteiger partial charge in [-0.15, -0.1) is 0 Å². The van der Waals surface area contributed by atoms with Crippen molar-refractivity contribution in [1.29, 1.82) is 5.26 Å². The van der Waals surface area contributed by atoms with Crippen molar-refractivity contribution in [2.75, 3.05) is 5.32 Å². The summed E-state index contributed by atoms with van der Waals surface area (Å²) >= 11 is 9.47. The lowest BCUT2D eigenvalue weighted by molar-refractivity contribution is 1.14. The molecule has 0 aliphatic rings. The summed E-state index contributed by atoms with van der Waals surface area (Å²) in [6.45, 7) is 0.698. The molecule has 2 nitrogen and oxygen atoms in total. The first kappa shape index (κ1) is 12.9. The Hall–Kier alpha value is -1.50. The maximum atomic E-state index is 8.79. The van der Waals surface area contributed by atoms with Crippen molar-refractivity contribution in [2.24, 2.45) is 0 Å². The lowest BCUT2D eigenvalue weighted by atomic mass is 10.2. The third-order valence-corrected chi connectivity index (χ3v) is 3.62. The van der Waals surface area contributed by atoms with E-state index in [9.17, 15) is 0 Å². The van der Waals surface area contributed by atoms with Crippen molar-refractivity contribution in [3.63, 3.8) is 0 Å². The number of rotatable bonds is 3. The molecule has 1 N–H and O–H groups in total. The molecule has 0 spiro atoms. The van der Waals surface area contributed by atoms with Crippen LogP contribution in [-0.2, 0) is 6.54 Å². The Bertz CT molecular complexity index is 605. The molecule has 0 saturated heterocycles. The average molecular weight is 322 g/mol. The Kier molecular flexibility index (Phi) is 4.24. The Morgan fingerprint density at radius 2 is 2.00 bits per heavy atom. The van der Waals surface area contributed by atoms with E-state index in [0.717, 1.165) is 15.7 Å². The molecule has 0 saturated carbocycles. The van der Waals surface area contributed by atoms with E-state index in [1.807, 2.05) is 36.4 Å². The topological polar surface area (TPSA) is 35.8 Å². The van der Waals surface area contributed by atoms with Crippen molar-refractivity contribution < 1.29 is 0 Å². The minimum absolute atomic E-state index is 0.467. The molecule has 0 unspecified atom stereocenters. The van der Waals surface area contributed by atoms with Gasteiger partial charge >= 0.3 is 0 Å². The average Bonchev–Trinajstić information content (AvgIpc) is 2.38. The Morgan fingerprint density at radius 1 is 1.22 bits per heavy atom. The molecule has 0 radical (unpaired) electrons. The second-order valence-corrected chi connectivity index (χ2v) is 5.01. The highest BCUT2D eigenvalue weighted by molar-refractivity contribution is 9.10. The first-order valence-electron chi connectivity index (χ1n) is 5.37. The minimum Gasteiger partial charge on any atom is -0.381 e. The highest BCUT2D eigenvalue weighted by atomic mass is 79.9. The van der Waals surface area contributed by atoms with Gasteiger partial charge in [-0.1, -0.05) is 45.7 Å². The van der Waals surface area contributed by atoms with Gasteiger partial charge in [0.2, 0.25) is 0 Å². The summed E-state index contributed by atoms with van der Waals surface area (Å²) < 4.78 is 1.07. The van der Waals surface area contributed by atoms with Gasteiger partial charge in [0.15, 0.2) is 0 Å². The zero-order valence-corrected chi connectivity index (χ0v) is 11.8. The van der Waals surface area contributed by atoms with Crippen LogP contribution in [0, 0.1) is 11.3 Å². The van der Waals surface area contributed by atoms with Gasteiger partial charge in [0.1, 0.15) is 6.07 Å². The van der Waals surface area contributed by atoms with E-state index in [0.29, 0.717) is 17.1 Å². The Balaban J connectivity index is 2.10. The van der Waals surface area contributed by atoms with Crippen molar-refractivity contribution in [3.8, 4) is 6.07 Å². The van der Waals surface area contributed by atoms with E-state index < -0.39 is 0 Å². The van der Waals surface area contributed by atoms with Gasteiger partial charge in [-0.05, 0) is 29.8 Å². The third-order valence-electron chi connectivity index (χ3n) is 2.53. The molecule has 0 aliphatic carbocycles. The molecule has 90 valence electrons. The van der Waals surface area contributed by atoms with Gasteiger partial charge in [0, 0.05) is 16.7 Å². The van der Waals surface area contributed by atoms with Crippen LogP contribution < -0.4 is 5.32 Å². The number of hydrogen-bond donors (Lipinski definition) is 1. The van der Waals surface area contributed by atoms with Crippen LogP contribution in [-0.4, -0.2) is 0 Å². The molecule has 2 aromatic rings. The van der Waals surface area contributed by atoms with Gasteiger partial charge in [-0.2, -0.15) is 5.26 Å². The number of nitrogens with one attached hydrogen (secondary N) is 1. The molecule has 0 bridgehead atoms. The number of anilines is 1. The molecule has 4 heteroatoms. The van der Waals surface area contributed by atoms with E-state index in [1.54, 1.807) is 12.1 Å². The maximum absolute atomic E-state index is 8.79. The summed E-state index contributed by atoms with van der Waals surface area (Å²) in [5.74, 6) is 0. The number of nitrogens with zero attached hydrogens (tertiary/aromatic N) is 1. The van der Waals surface area contributed by atoms with E-state index in [1.165, 1.54) is 0 Å². The summed E-state index contributed by atoms with van der Waals surface area (Å²) in [7, 11) is 0. The highest BCUT2D eigenvalue weighted by Gasteiger charge is 2.02. The van der Waals surface area contributed by atoms with Crippen molar-refractivity contribution in [1.82, 2.24) is 0 Å². The van der Waals surface area contributed by atoms with Crippen LogP contribution in [0.3, 0.4) is 0 Å². The van der Waals surface area contributed by atoms with Crippen LogP contribution in [0.15, 0.2) is 46.9 Å². The van der Waals surface area contributed by atoms with E-state index >= 15 is 0 Å². The highest BCUT2D eigenvalue weighted by Crippen LogP contribution is 2.22. The fraction of sp³-hybridized carbons (Fsp3) is 0.0714. The molecule has 0 atom stereocenters. The Labute approximate surface area is 119 Å². The summed E-state index contributed by atoms with van der Waals surface area (Å²) in [5.41, 5.74) is 2.55. The fourth-order valence-electron chi connectivity index (χ4n) is 1.55. The maximum Gasteiger partial charge on any atom is 0.101 e. The lowest BCUT2D eigenvalue weighted by Gasteiger charge is -2.08. The van der Waals surface area contributed by atoms with Crippen LogP contribution in [0.25, 0.3) is 0 Å². The van der Waals surface area contributed by atoms with E-state index in [2.05, 4.69) is 21.2 Å². The number of halogens is 2. The monoisotopic (exact) mass is 320 g/mol. The quantitative estimate of drug-likeness (QED) is 0.897. The predicted molar refractivity (Wildman–Crippen MR) is 77.6 cm³/mol. The summed E-state index contributed by atoms with van der Waals surface area (Å²) in [6, 6.07) is 15.4. The largest absolute Gasteiger partial charge is 0.381 e. The number of nitriles is 1. The number of benzene rings is 2. The van der Waals surface area contributed by atoms with Crippen LogP contribution in [0.5, 0.6) is 0 Å².